The maximum atomic E-state index is 13.3. The van der Waals surface area contributed by atoms with Gasteiger partial charge in [-0.3, -0.25) is 28.8 Å². The van der Waals surface area contributed by atoms with Gasteiger partial charge < -0.3 is 35.4 Å². The lowest BCUT2D eigenvalue weighted by Crippen LogP contribution is -2.53. The van der Waals surface area contributed by atoms with Crippen molar-refractivity contribution < 1.29 is 43.7 Å². The fourth-order valence-corrected chi connectivity index (χ4v) is 5.50. The Morgan fingerprint density at radius 2 is 0.857 bits per heavy atom. The van der Waals surface area contributed by atoms with Crippen molar-refractivity contribution in [2.75, 3.05) is 10.6 Å². The van der Waals surface area contributed by atoms with Crippen LogP contribution in [0.4, 0.5) is 11.4 Å². The molecule has 4 N–H and O–H groups in total. The molecule has 268 valence electrons. The molecule has 4 amide bonds. The minimum Gasteiger partial charge on any atom is -0.481 e. The van der Waals surface area contributed by atoms with Crippen LogP contribution in [-0.2, 0) is 28.8 Å². The van der Waals surface area contributed by atoms with E-state index in [1.165, 1.54) is 9.80 Å². The first kappa shape index (κ1) is 40.2. The van der Waals surface area contributed by atoms with Crippen molar-refractivity contribution in [3.05, 3.63) is 48.5 Å². The van der Waals surface area contributed by atoms with Crippen molar-refractivity contribution >= 4 is 46.9 Å². The number of carboxylic acids is 2. The normalized spacial score (nSPS) is 12.4. The largest absolute Gasteiger partial charge is 0.481 e. The minimum atomic E-state index is -1.08. The Hall–Kier alpha value is -4.94. The summed E-state index contributed by atoms with van der Waals surface area (Å²) in [5, 5.41) is 23.7. The number of carbonyl (C=O) groups excluding carboxylic acids is 4. The number of hydrogen-bond acceptors (Lipinski definition) is 7. The first-order valence-electron chi connectivity index (χ1n) is 16.5. The van der Waals surface area contributed by atoms with Gasteiger partial charge in [-0.05, 0) is 88.1 Å². The van der Waals surface area contributed by atoms with Crippen LogP contribution in [0.1, 0.15) is 81.1 Å². The van der Waals surface area contributed by atoms with Crippen LogP contribution < -0.4 is 15.4 Å². The average molecular weight is 683 g/mol. The number of rotatable bonds is 18. The molecule has 2 rings (SSSR count). The summed E-state index contributed by atoms with van der Waals surface area (Å²) in [5.41, 5.74) is 0.971. The number of hydrogen-bond donors (Lipinski definition) is 4. The molecular formula is C36H50N4O9. The summed E-state index contributed by atoms with van der Waals surface area (Å²) in [6.07, 6.45) is -1.03. The zero-order valence-electron chi connectivity index (χ0n) is 29.6. The Balaban J connectivity index is 2.10. The predicted octanol–water partition coefficient (Wildman–Crippen LogP) is 5.61. The van der Waals surface area contributed by atoms with E-state index < -0.39 is 35.8 Å². The number of nitrogens with one attached hydrogen (secondary N) is 2. The molecule has 0 saturated heterocycles. The molecule has 13 nitrogen and oxygen atoms in total. The zero-order valence-corrected chi connectivity index (χ0v) is 29.6. The Morgan fingerprint density at radius 1 is 0.551 bits per heavy atom. The van der Waals surface area contributed by atoms with Crippen molar-refractivity contribution in [2.24, 2.45) is 11.8 Å². The van der Waals surface area contributed by atoms with Crippen molar-refractivity contribution in [1.82, 2.24) is 9.80 Å². The van der Waals surface area contributed by atoms with E-state index in [9.17, 15) is 28.8 Å². The zero-order chi connectivity index (χ0) is 37.0. The van der Waals surface area contributed by atoms with E-state index in [-0.39, 0.29) is 61.4 Å². The number of aliphatic carboxylic acids is 2. The molecule has 0 radical (unpaired) electrons. The summed E-state index contributed by atoms with van der Waals surface area (Å²) < 4.78 is 5.94. The van der Waals surface area contributed by atoms with Gasteiger partial charge in [-0.1, -0.05) is 27.7 Å². The number of anilines is 2. The first-order valence-corrected chi connectivity index (χ1v) is 16.5. The summed E-state index contributed by atoms with van der Waals surface area (Å²) in [6, 6.07) is 11.1. The highest BCUT2D eigenvalue weighted by Crippen LogP contribution is 2.26. The molecule has 0 aliphatic carbocycles. The lowest BCUT2D eigenvalue weighted by atomic mass is 9.99. The maximum absolute atomic E-state index is 13.3. The van der Waals surface area contributed by atoms with Gasteiger partial charge >= 0.3 is 11.9 Å². The molecule has 0 saturated carbocycles. The van der Waals surface area contributed by atoms with Gasteiger partial charge in [0, 0.05) is 36.3 Å². The molecule has 0 fully saturated rings. The minimum absolute atomic E-state index is 0.199. The van der Waals surface area contributed by atoms with Gasteiger partial charge in [0.05, 0.1) is 12.8 Å². The Labute approximate surface area is 288 Å². The number of ether oxygens (including phenoxy) is 1. The van der Waals surface area contributed by atoms with Crippen molar-refractivity contribution in [3.8, 4) is 11.5 Å². The number of benzene rings is 2. The van der Waals surface area contributed by atoms with Crippen LogP contribution in [0.25, 0.3) is 0 Å². The fraction of sp³-hybridized carbons (Fsp3) is 0.500. The fourth-order valence-electron chi connectivity index (χ4n) is 5.50. The molecule has 0 heterocycles. The monoisotopic (exact) mass is 682 g/mol. The van der Waals surface area contributed by atoms with E-state index in [4.69, 9.17) is 14.9 Å². The second kappa shape index (κ2) is 18.6. The van der Waals surface area contributed by atoms with Crippen LogP contribution in [0.2, 0.25) is 0 Å². The van der Waals surface area contributed by atoms with Crippen molar-refractivity contribution in [2.45, 2.75) is 105 Å². The molecule has 0 bridgehead atoms. The molecule has 49 heavy (non-hydrogen) atoms. The molecule has 13 heteroatoms. The van der Waals surface area contributed by atoms with E-state index >= 15 is 0 Å². The number of carboxylic acid groups (broad SMARTS) is 2. The third kappa shape index (κ3) is 12.2. The lowest BCUT2D eigenvalue weighted by Gasteiger charge is -2.36. The van der Waals surface area contributed by atoms with Crippen LogP contribution in [-0.4, -0.2) is 79.7 Å². The molecule has 2 aromatic carbocycles. The third-order valence-corrected chi connectivity index (χ3v) is 7.67. The smallest absolute Gasteiger partial charge is 0.303 e. The molecule has 0 aliphatic heterocycles. The summed E-state index contributed by atoms with van der Waals surface area (Å²) in [7, 11) is 0. The van der Waals surface area contributed by atoms with Gasteiger partial charge in [0.1, 0.15) is 23.6 Å². The first-order chi connectivity index (χ1) is 22.9. The number of amides is 4. The molecule has 0 aliphatic rings. The lowest BCUT2D eigenvalue weighted by molar-refractivity contribution is -0.145. The molecule has 0 spiro atoms. The molecule has 2 unspecified atom stereocenters. The van der Waals surface area contributed by atoms with E-state index in [0.717, 1.165) is 0 Å². The van der Waals surface area contributed by atoms with Crippen molar-refractivity contribution in [3.63, 3.8) is 0 Å². The molecule has 0 aromatic heterocycles. The molecular weight excluding hydrogens is 632 g/mol. The SMILES string of the molecule is CC(C)C(C(=O)Nc1ccc(Oc2ccc(NC(=O)C(C(C)C)N(C(=O)CCC(=O)O)C(C)C)cc2)cc1)N(C(=O)CCC(=O)O)C(C)C. The molecule has 2 atom stereocenters. The van der Waals surface area contributed by atoms with E-state index in [1.54, 1.807) is 76.2 Å². The second-order valence-electron chi connectivity index (χ2n) is 13.1. The second-order valence-corrected chi connectivity index (χ2v) is 13.1. The standard InChI is InChI=1S/C36H50N4O9/c1-21(2)33(39(23(5)6)29(41)17-19-31(43)44)35(47)37-25-9-13-27(14-10-25)49-28-15-11-26(12-16-28)38-36(48)34(22(3)4)40(24(7)8)30(42)18-20-32(45)46/h9-16,21-24,33-34H,17-20H2,1-8H3,(H,37,47)(H,38,48)(H,43,44)(H,45,46). The summed E-state index contributed by atoms with van der Waals surface area (Å²) >= 11 is 0. The topological polar surface area (TPSA) is 183 Å². The quantitative estimate of drug-likeness (QED) is 0.155. The summed E-state index contributed by atoms with van der Waals surface area (Å²) in [6.45, 7) is 14.4. The van der Waals surface area contributed by atoms with Gasteiger partial charge in [0.15, 0.2) is 0 Å². The Morgan fingerprint density at radius 3 is 1.10 bits per heavy atom. The Kier molecular flexibility index (Phi) is 15.2. The van der Waals surface area contributed by atoms with E-state index in [2.05, 4.69) is 10.6 Å². The summed E-state index contributed by atoms with van der Waals surface area (Å²) in [5.74, 6) is -3.25. The highest BCUT2D eigenvalue weighted by Gasteiger charge is 2.35. The average Bonchev–Trinajstić information content (AvgIpc) is 3.00. The highest BCUT2D eigenvalue weighted by atomic mass is 16.5. The van der Waals surface area contributed by atoms with Gasteiger partial charge in [-0.15, -0.1) is 0 Å². The number of nitrogens with zero attached hydrogens (tertiary/aromatic N) is 2. The third-order valence-electron chi connectivity index (χ3n) is 7.67. The molecule has 2 aromatic rings. The van der Waals surface area contributed by atoms with Crippen LogP contribution >= 0.6 is 0 Å². The Bertz CT molecular complexity index is 1340. The van der Waals surface area contributed by atoms with Crippen LogP contribution in [0.15, 0.2) is 48.5 Å². The maximum Gasteiger partial charge on any atom is 0.303 e. The number of carbonyl (C=O) groups is 6. The van der Waals surface area contributed by atoms with Gasteiger partial charge in [0.25, 0.3) is 0 Å². The van der Waals surface area contributed by atoms with Crippen molar-refractivity contribution in [1.29, 1.82) is 0 Å². The van der Waals surface area contributed by atoms with Gasteiger partial charge in [-0.25, -0.2) is 0 Å². The predicted molar refractivity (Wildman–Crippen MR) is 185 cm³/mol. The van der Waals surface area contributed by atoms with Crippen LogP contribution in [0, 0.1) is 11.8 Å². The van der Waals surface area contributed by atoms with Gasteiger partial charge in [0.2, 0.25) is 23.6 Å². The van der Waals surface area contributed by atoms with E-state index in [0.29, 0.717) is 22.9 Å². The van der Waals surface area contributed by atoms with E-state index in [1.807, 2.05) is 27.7 Å². The van der Waals surface area contributed by atoms with Crippen LogP contribution in [0.5, 0.6) is 11.5 Å². The van der Waals surface area contributed by atoms with Gasteiger partial charge in [-0.2, -0.15) is 0 Å². The van der Waals surface area contributed by atoms with Crippen LogP contribution in [0.3, 0.4) is 0 Å². The highest BCUT2D eigenvalue weighted by molar-refractivity contribution is 5.98. The summed E-state index contributed by atoms with van der Waals surface area (Å²) in [4.78, 5) is 77.3.